The van der Waals surface area contributed by atoms with E-state index in [2.05, 4.69) is 9.98 Å². The second-order valence-electron chi connectivity index (χ2n) is 9.00. The maximum Gasteiger partial charge on any atom is 0.273 e. The molecule has 38 heavy (non-hydrogen) atoms. The highest BCUT2D eigenvalue weighted by Gasteiger charge is 2.19. The fraction of sp³-hybridized carbons (Fsp3) is 0.241. The minimum atomic E-state index is -0.693. The summed E-state index contributed by atoms with van der Waals surface area (Å²) in [6, 6.07) is 10.0. The van der Waals surface area contributed by atoms with Crippen molar-refractivity contribution in [2.24, 2.45) is 4.99 Å². The number of aryl methyl sites for hydroxylation is 1. The van der Waals surface area contributed by atoms with E-state index in [1.54, 1.807) is 52.3 Å². The second kappa shape index (κ2) is 12.8. The van der Waals surface area contributed by atoms with E-state index in [1.165, 1.54) is 40.1 Å². The van der Waals surface area contributed by atoms with Crippen LogP contribution in [0.1, 0.15) is 52.5 Å². The SMILES string of the molecule is C/C=C/N=C(/C=C/n1c(C)cc(C(C)Cc2ccc(Cl)nc2)c(Cl)c1=O)c1cccc(C(=O)N(C)C)c1F. The Hall–Kier alpha value is -3.55. The van der Waals surface area contributed by atoms with Crippen LogP contribution in [0.3, 0.4) is 0 Å². The third-order valence-electron chi connectivity index (χ3n) is 5.92. The molecular weight excluding hydrogens is 526 g/mol. The molecule has 2 heterocycles. The van der Waals surface area contributed by atoms with Gasteiger partial charge in [-0.15, -0.1) is 0 Å². The topological polar surface area (TPSA) is 67.6 Å². The predicted octanol–water partition coefficient (Wildman–Crippen LogP) is 6.54. The number of amides is 1. The van der Waals surface area contributed by atoms with Gasteiger partial charge in [0.25, 0.3) is 11.5 Å². The van der Waals surface area contributed by atoms with Gasteiger partial charge in [-0.05, 0) is 67.7 Å². The molecule has 0 saturated heterocycles. The lowest BCUT2D eigenvalue weighted by Gasteiger charge is -2.16. The minimum absolute atomic E-state index is 0.0478. The number of rotatable bonds is 8. The molecule has 1 atom stereocenters. The Bertz CT molecular complexity index is 1480. The molecule has 3 rings (SSSR count). The number of aliphatic imine (C=N–C) groups is 1. The van der Waals surface area contributed by atoms with Crippen molar-refractivity contribution in [1.29, 1.82) is 0 Å². The molecule has 1 aromatic carbocycles. The van der Waals surface area contributed by atoms with E-state index >= 15 is 4.39 Å². The van der Waals surface area contributed by atoms with Crippen LogP contribution < -0.4 is 5.56 Å². The van der Waals surface area contributed by atoms with E-state index in [0.29, 0.717) is 17.3 Å². The maximum atomic E-state index is 15.4. The summed E-state index contributed by atoms with van der Waals surface area (Å²) < 4.78 is 16.8. The zero-order chi connectivity index (χ0) is 28.0. The highest BCUT2D eigenvalue weighted by molar-refractivity contribution is 6.31. The molecule has 6 nitrogen and oxygen atoms in total. The molecule has 3 aromatic rings. The first-order valence-electron chi connectivity index (χ1n) is 11.9. The van der Waals surface area contributed by atoms with Gasteiger partial charge in [0.1, 0.15) is 16.0 Å². The first kappa shape index (κ1) is 29.0. The third kappa shape index (κ3) is 6.65. The average molecular weight is 555 g/mol. The number of hydrogen-bond acceptors (Lipinski definition) is 4. The van der Waals surface area contributed by atoms with Gasteiger partial charge in [0.15, 0.2) is 0 Å². The van der Waals surface area contributed by atoms with Gasteiger partial charge >= 0.3 is 0 Å². The van der Waals surface area contributed by atoms with Gasteiger partial charge < -0.3 is 4.90 Å². The van der Waals surface area contributed by atoms with Crippen LogP contribution in [0.2, 0.25) is 10.2 Å². The molecule has 2 aromatic heterocycles. The Balaban J connectivity index is 1.99. The molecule has 0 bridgehead atoms. The summed E-state index contributed by atoms with van der Waals surface area (Å²) in [4.78, 5) is 35.4. The van der Waals surface area contributed by atoms with Crippen LogP contribution in [-0.2, 0) is 6.42 Å². The lowest BCUT2D eigenvalue weighted by molar-refractivity contribution is 0.0823. The summed E-state index contributed by atoms with van der Waals surface area (Å²) in [5.74, 6) is -1.20. The molecule has 0 N–H and O–H groups in total. The van der Waals surface area contributed by atoms with Crippen LogP contribution in [0.25, 0.3) is 6.20 Å². The summed E-state index contributed by atoms with van der Waals surface area (Å²) >= 11 is 12.4. The molecule has 0 aliphatic rings. The van der Waals surface area contributed by atoms with Crippen LogP contribution in [0.4, 0.5) is 4.39 Å². The van der Waals surface area contributed by atoms with Crippen LogP contribution in [0, 0.1) is 12.7 Å². The molecule has 9 heteroatoms. The monoisotopic (exact) mass is 554 g/mol. The zero-order valence-corrected chi connectivity index (χ0v) is 23.4. The van der Waals surface area contributed by atoms with E-state index < -0.39 is 17.3 Å². The number of hydrogen-bond donors (Lipinski definition) is 0. The van der Waals surface area contributed by atoms with Crippen molar-refractivity contribution in [1.82, 2.24) is 14.5 Å². The first-order valence-corrected chi connectivity index (χ1v) is 12.7. The van der Waals surface area contributed by atoms with Crippen molar-refractivity contribution in [2.45, 2.75) is 33.1 Å². The highest BCUT2D eigenvalue weighted by Crippen LogP contribution is 2.26. The molecular formula is C29H29Cl2FN4O2. The smallest absolute Gasteiger partial charge is 0.273 e. The lowest BCUT2D eigenvalue weighted by Crippen LogP contribution is -2.23. The highest BCUT2D eigenvalue weighted by atomic mass is 35.5. The first-order chi connectivity index (χ1) is 18.0. The molecule has 0 saturated carbocycles. The normalized spacial score (nSPS) is 12.9. The van der Waals surface area contributed by atoms with Crippen molar-refractivity contribution < 1.29 is 9.18 Å². The van der Waals surface area contributed by atoms with Gasteiger partial charge in [-0.2, -0.15) is 0 Å². The van der Waals surface area contributed by atoms with Crippen molar-refractivity contribution >= 4 is 41.0 Å². The number of pyridine rings is 2. The maximum absolute atomic E-state index is 15.4. The Labute approximate surface area is 231 Å². The van der Waals surface area contributed by atoms with E-state index in [0.717, 1.165) is 11.1 Å². The van der Waals surface area contributed by atoms with Gasteiger partial charge in [-0.1, -0.05) is 48.3 Å². The number of aromatic nitrogens is 2. The average Bonchev–Trinajstić information content (AvgIpc) is 2.89. The van der Waals surface area contributed by atoms with Crippen LogP contribution in [0.5, 0.6) is 0 Å². The Morgan fingerprint density at radius 1 is 1.21 bits per heavy atom. The van der Waals surface area contributed by atoms with Crippen molar-refractivity contribution in [3.05, 3.63) is 115 Å². The minimum Gasteiger partial charge on any atom is -0.345 e. The van der Waals surface area contributed by atoms with Crippen LogP contribution >= 0.6 is 23.2 Å². The van der Waals surface area contributed by atoms with E-state index in [4.69, 9.17) is 23.2 Å². The summed E-state index contributed by atoms with van der Waals surface area (Å²) in [7, 11) is 3.11. The summed E-state index contributed by atoms with van der Waals surface area (Å²) in [5.41, 5.74) is 2.24. The molecule has 0 fully saturated rings. The fourth-order valence-electron chi connectivity index (χ4n) is 3.92. The molecule has 0 radical (unpaired) electrons. The Morgan fingerprint density at radius 3 is 2.55 bits per heavy atom. The molecule has 198 valence electrons. The standard InChI is InChI=1S/C29H29Cl2FN4O2/c1-6-13-33-24(21-8-7-9-22(27(21)32)28(37)35(4)5)12-14-36-19(3)16-23(26(31)29(36)38)18(2)15-20-10-11-25(30)34-17-20/h6-14,16-18H,15H2,1-5H3/b13-6+,14-12+,33-24-. The fourth-order valence-corrected chi connectivity index (χ4v) is 4.36. The molecule has 0 spiro atoms. The largest absolute Gasteiger partial charge is 0.345 e. The number of halogens is 3. The number of carbonyl (C=O) groups is 1. The quantitative estimate of drug-likeness (QED) is 0.234. The third-order valence-corrected chi connectivity index (χ3v) is 6.52. The summed E-state index contributed by atoms with van der Waals surface area (Å²) in [6.07, 6.45) is 8.57. The number of allylic oxidation sites excluding steroid dienone is 2. The Morgan fingerprint density at radius 2 is 1.92 bits per heavy atom. The molecule has 0 aliphatic heterocycles. The van der Waals surface area contributed by atoms with E-state index in [9.17, 15) is 9.59 Å². The van der Waals surface area contributed by atoms with Gasteiger partial charge in [0.05, 0.1) is 11.3 Å². The molecule has 1 amide bonds. The number of nitrogens with zero attached hydrogens (tertiary/aromatic N) is 4. The van der Waals surface area contributed by atoms with Crippen molar-refractivity contribution in [3.8, 4) is 0 Å². The second-order valence-corrected chi connectivity index (χ2v) is 9.77. The molecule has 1 unspecified atom stereocenters. The van der Waals surface area contributed by atoms with E-state index in [1.807, 2.05) is 19.1 Å². The summed E-state index contributed by atoms with van der Waals surface area (Å²) in [5, 5.41) is 0.518. The van der Waals surface area contributed by atoms with Gasteiger partial charge in [-0.3, -0.25) is 19.1 Å². The lowest BCUT2D eigenvalue weighted by atomic mass is 9.94. The number of carbonyl (C=O) groups excluding carboxylic acids is 1. The van der Waals surface area contributed by atoms with Crippen molar-refractivity contribution in [3.63, 3.8) is 0 Å². The van der Waals surface area contributed by atoms with Gasteiger partial charge in [0, 0.05) is 43.9 Å². The number of benzene rings is 1. The van der Waals surface area contributed by atoms with Crippen LogP contribution in [-0.4, -0.2) is 40.2 Å². The van der Waals surface area contributed by atoms with Gasteiger partial charge in [0.2, 0.25) is 0 Å². The van der Waals surface area contributed by atoms with Crippen LogP contribution in [0.15, 0.2) is 70.7 Å². The Kier molecular flexibility index (Phi) is 9.78. The predicted molar refractivity (Wildman–Crippen MR) is 153 cm³/mol. The van der Waals surface area contributed by atoms with E-state index in [-0.39, 0.29) is 27.8 Å². The summed E-state index contributed by atoms with van der Waals surface area (Å²) in [6.45, 7) is 5.56. The molecule has 0 aliphatic carbocycles. The van der Waals surface area contributed by atoms with Gasteiger partial charge in [-0.25, -0.2) is 9.37 Å². The van der Waals surface area contributed by atoms with Crippen molar-refractivity contribution in [2.75, 3.05) is 14.1 Å². The zero-order valence-electron chi connectivity index (χ0n) is 21.9.